The maximum absolute atomic E-state index is 12.2. The first-order chi connectivity index (χ1) is 15.1. The highest BCUT2D eigenvalue weighted by Gasteiger charge is 2.21. The predicted octanol–water partition coefficient (Wildman–Crippen LogP) is 6.15. The molecule has 0 saturated carbocycles. The Labute approximate surface area is 185 Å². The van der Waals surface area contributed by atoms with Crippen LogP contribution in [-0.2, 0) is 16.0 Å². The van der Waals surface area contributed by atoms with Crippen LogP contribution in [0.2, 0.25) is 0 Å². The molecular weight excluding hydrogens is 410 g/mol. The van der Waals surface area contributed by atoms with Crippen molar-refractivity contribution in [3.63, 3.8) is 0 Å². The smallest absolute Gasteiger partial charge is 0.313 e. The molecule has 4 rings (SSSR count). The zero-order valence-corrected chi connectivity index (χ0v) is 18.7. The average molecular weight is 436 g/mol. The second-order valence-electron chi connectivity index (χ2n) is 7.28. The lowest BCUT2D eigenvalue weighted by Gasteiger charge is -2.14. The summed E-state index contributed by atoms with van der Waals surface area (Å²) in [6.45, 7) is 6.49. The fraction of sp³-hybridized carbons (Fsp3) is 0.280. The number of nitrogens with zero attached hydrogens (tertiary/aromatic N) is 1. The van der Waals surface area contributed by atoms with Crippen LogP contribution in [0.4, 0.5) is 0 Å². The van der Waals surface area contributed by atoms with Gasteiger partial charge in [0.2, 0.25) is 5.89 Å². The molecule has 1 atom stereocenters. The fourth-order valence-electron chi connectivity index (χ4n) is 3.54. The van der Waals surface area contributed by atoms with E-state index in [4.69, 9.17) is 13.9 Å². The first kappa shape index (κ1) is 21.1. The molecule has 0 amide bonds. The van der Waals surface area contributed by atoms with Crippen LogP contribution >= 0.6 is 11.3 Å². The Bertz CT molecular complexity index is 1180. The summed E-state index contributed by atoms with van der Waals surface area (Å²) in [6, 6.07) is 15.8. The van der Waals surface area contributed by atoms with Crippen LogP contribution in [0.5, 0.6) is 5.75 Å². The molecule has 2 aromatic carbocycles. The molecule has 4 aromatic rings. The van der Waals surface area contributed by atoms with Crippen molar-refractivity contribution >= 4 is 27.4 Å². The van der Waals surface area contributed by atoms with Gasteiger partial charge in [-0.1, -0.05) is 24.3 Å². The monoisotopic (exact) mass is 435 g/mol. The Morgan fingerprint density at radius 1 is 1.16 bits per heavy atom. The van der Waals surface area contributed by atoms with Gasteiger partial charge < -0.3 is 13.9 Å². The van der Waals surface area contributed by atoms with Gasteiger partial charge in [0.05, 0.1) is 24.8 Å². The van der Waals surface area contributed by atoms with Crippen LogP contribution < -0.4 is 4.74 Å². The van der Waals surface area contributed by atoms with E-state index in [9.17, 15) is 4.79 Å². The molecule has 0 radical (unpaired) electrons. The van der Waals surface area contributed by atoms with Gasteiger partial charge in [-0.3, -0.25) is 4.79 Å². The second kappa shape index (κ2) is 9.35. The number of ether oxygens (including phenoxy) is 2. The molecule has 31 heavy (non-hydrogen) atoms. The number of esters is 1. The summed E-state index contributed by atoms with van der Waals surface area (Å²) in [4.78, 5) is 16.8. The summed E-state index contributed by atoms with van der Waals surface area (Å²) in [5, 5.41) is 3.04. The van der Waals surface area contributed by atoms with E-state index in [-0.39, 0.29) is 11.9 Å². The van der Waals surface area contributed by atoms with Crippen LogP contribution in [0, 0.1) is 6.92 Å². The van der Waals surface area contributed by atoms with Gasteiger partial charge in [0.15, 0.2) is 0 Å². The van der Waals surface area contributed by atoms with Crippen LogP contribution in [0.3, 0.4) is 0 Å². The number of hydrogen-bond acceptors (Lipinski definition) is 6. The topological polar surface area (TPSA) is 61.6 Å². The number of rotatable bonds is 8. The molecule has 0 N–H and O–H groups in total. The number of thiophene rings is 1. The van der Waals surface area contributed by atoms with E-state index in [1.54, 1.807) is 11.3 Å². The predicted molar refractivity (Wildman–Crippen MR) is 123 cm³/mol. The molecule has 1 unspecified atom stereocenters. The van der Waals surface area contributed by atoms with Crippen LogP contribution in [0.15, 0.2) is 58.3 Å². The van der Waals surface area contributed by atoms with Crippen LogP contribution in [-0.4, -0.2) is 24.2 Å². The van der Waals surface area contributed by atoms with Crippen molar-refractivity contribution in [1.82, 2.24) is 4.98 Å². The summed E-state index contributed by atoms with van der Waals surface area (Å²) in [7, 11) is 0. The molecule has 0 fully saturated rings. The van der Waals surface area contributed by atoms with Crippen molar-refractivity contribution < 1.29 is 18.7 Å². The molecule has 160 valence electrons. The van der Waals surface area contributed by atoms with Gasteiger partial charge in [0, 0.05) is 22.1 Å². The number of aryl methyl sites for hydroxylation is 1. The third kappa shape index (κ3) is 4.49. The minimum atomic E-state index is -0.315. The molecule has 0 saturated heterocycles. The van der Waals surface area contributed by atoms with Gasteiger partial charge in [-0.25, -0.2) is 4.98 Å². The Morgan fingerprint density at radius 2 is 1.97 bits per heavy atom. The number of aromatic nitrogens is 1. The van der Waals surface area contributed by atoms with Crippen molar-refractivity contribution in [1.29, 1.82) is 0 Å². The highest BCUT2D eigenvalue weighted by molar-refractivity contribution is 7.17. The molecule has 0 aliphatic heterocycles. The zero-order valence-electron chi connectivity index (χ0n) is 17.9. The molecule has 2 heterocycles. The maximum Gasteiger partial charge on any atom is 0.313 e. The number of carbonyl (C=O) groups is 1. The number of carbonyl (C=O) groups excluding carboxylic acids is 1. The lowest BCUT2D eigenvalue weighted by Crippen LogP contribution is -2.13. The normalized spacial score (nSPS) is 12.1. The van der Waals surface area contributed by atoms with E-state index < -0.39 is 0 Å². The van der Waals surface area contributed by atoms with Crippen molar-refractivity contribution in [2.45, 2.75) is 33.1 Å². The van der Waals surface area contributed by atoms with Gasteiger partial charge in [-0.05, 0) is 56.0 Å². The highest BCUT2D eigenvalue weighted by atomic mass is 32.1. The molecule has 5 nitrogen and oxygen atoms in total. The molecule has 0 bridgehead atoms. The molecule has 0 aliphatic carbocycles. The summed E-state index contributed by atoms with van der Waals surface area (Å²) in [5.41, 5.74) is 2.83. The lowest BCUT2D eigenvalue weighted by molar-refractivity contribution is -0.144. The summed E-state index contributed by atoms with van der Waals surface area (Å²) in [5.74, 6) is 1.72. The first-order valence-electron chi connectivity index (χ1n) is 10.4. The van der Waals surface area contributed by atoms with Gasteiger partial charge >= 0.3 is 5.97 Å². The van der Waals surface area contributed by atoms with E-state index in [1.165, 1.54) is 0 Å². The standard InChI is InChI=1S/C25H25NO4S/c1-4-28-25(27)16(2)19-10-11-22(20-13-15-31-23(19)20)29-14-12-21-17(3)30-24(26-21)18-8-6-5-7-9-18/h5-11,13,15-16H,4,12,14H2,1-3H3. The molecule has 6 heteroatoms. The Balaban J connectivity index is 1.47. The number of hydrogen-bond donors (Lipinski definition) is 0. The minimum absolute atomic E-state index is 0.207. The van der Waals surface area contributed by atoms with Gasteiger partial charge in [-0.2, -0.15) is 0 Å². The van der Waals surface area contributed by atoms with Crippen molar-refractivity contribution in [2.75, 3.05) is 13.2 Å². The summed E-state index contributed by atoms with van der Waals surface area (Å²) < 4.78 is 18.2. The second-order valence-corrected chi connectivity index (χ2v) is 8.19. The zero-order chi connectivity index (χ0) is 21.8. The Morgan fingerprint density at radius 3 is 2.74 bits per heavy atom. The summed E-state index contributed by atoms with van der Waals surface area (Å²) in [6.07, 6.45) is 0.648. The number of fused-ring (bicyclic) bond motifs is 1. The Hall–Kier alpha value is -3.12. The molecule has 0 spiro atoms. The van der Waals surface area contributed by atoms with E-state index >= 15 is 0 Å². The average Bonchev–Trinajstić information content (AvgIpc) is 3.42. The van der Waals surface area contributed by atoms with E-state index in [1.807, 2.05) is 74.7 Å². The number of benzene rings is 2. The van der Waals surface area contributed by atoms with E-state index in [0.29, 0.717) is 25.5 Å². The Kier molecular flexibility index (Phi) is 6.37. The van der Waals surface area contributed by atoms with Crippen molar-refractivity contribution in [3.8, 4) is 17.2 Å². The summed E-state index contributed by atoms with van der Waals surface area (Å²) >= 11 is 1.61. The van der Waals surface area contributed by atoms with Gasteiger partial charge in [0.1, 0.15) is 11.5 Å². The first-order valence-corrected chi connectivity index (χ1v) is 11.3. The highest BCUT2D eigenvalue weighted by Crippen LogP contribution is 2.36. The van der Waals surface area contributed by atoms with Crippen LogP contribution in [0.25, 0.3) is 21.5 Å². The van der Waals surface area contributed by atoms with Crippen molar-refractivity contribution in [2.24, 2.45) is 0 Å². The van der Waals surface area contributed by atoms with Crippen molar-refractivity contribution in [3.05, 3.63) is 70.9 Å². The third-order valence-electron chi connectivity index (χ3n) is 5.22. The minimum Gasteiger partial charge on any atom is -0.493 e. The molecule has 2 aromatic heterocycles. The molecule has 0 aliphatic rings. The molecular formula is C25H25NO4S. The quantitative estimate of drug-likeness (QED) is 0.311. The maximum atomic E-state index is 12.2. The fourth-order valence-corrected chi connectivity index (χ4v) is 4.56. The van der Waals surface area contributed by atoms with E-state index in [0.717, 1.165) is 38.4 Å². The van der Waals surface area contributed by atoms with E-state index in [2.05, 4.69) is 4.98 Å². The van der Waals surface area contributed by atoms with Crippen LogP contribution in [0.1, 0.15) is 36.8 Å². The largest absolute Gasteiger partial charge is 0.493 e. The third-order valence-corrected chi connectivity index (χ3v) is 6.19. The van der Waals surface area contributed by atoms with Gasteiger partial charge in [0.25, 0.3) is 0 Å². The number of oxazole rings is 1. The SMILES string of the molecule is CCOC(=O)C(C)c1ccc(OCCc2nc(-c3ccccc3)oc2C)c2ccsc12. The lowest BCUT2D eigenvalue weighted by atomic mass is 9.99. The van der Waals surface area contributed by atoms with Gasteiger partial charge in [-0.15, -0.1) is 11.3 Å².